The van der Waals surface area contributed by atoms with Crippen LogP contribution in [0.2, 0.25) is 0 Å². The summed E-state index contributed by atoms with van der Waals surface area (Å²) >= 11 is 0. The molecule has 0 aliphatic carbocycles. The highest BCUT2D eigenvalue weighted by Crippen LogP contribution is 2.30. The number of para-hydroxylation sites is 1. The van der Waals surface area contributed by atoms with Gasteiger partial charge in [0.15, 0.2) is 17.1 Å². The maximum Gasteiger partial charge on any atom is 0.291 e. The Balaban J connectivity index is 1.94. The van der Waals surface area contributed by atoms with Gasteiger partial charge in [-0.25, -0.2) is 0 Å². The van der Waals surface area contributed by atoms with Crippen LogP contribution in [0, 0.1) is 6.92 Å². The van der Waals surface area contributed by atoms with Gasteiger partial charge in [-0.2, -0.15) is 0 Å². The number of methoxy groups -OCH3 is 2. The van der Waals surface area contributed by atoms with Gasteiger partial charge < -0.3 is 19.2 Å². The van der Waals surface area contributed by atoms with Crippen LogP contribution in [0.4, 0.5) is 5.69 Å². The molecule has 23 heavy (non-hydrogen) atoms. The molecule has 3 aromatic rings. The molecule has 2 aromatic carbocycles. The van der Waals surface area contributed by atoms with Crippen LogP contribution in [-0.4, -0.2) is 20.1 Å². The molecule has 0 saturated carbocycles. The molecule has 1 aromatic heterocycles. The highest BCUT2D eigenvalue weighted by Gasteiger charge is 2.16. The second-order valence-electron chi connectivity index (χ2n) is 5.15. The first kappa shape index (κ1) is 15.0. The largest absolute Gasteiger partial charge is 0.495 e. The molecular formula is C18H17NO4. The molecule has 5 heteroatoms. The predicted octanol–water partition coefficient (Wildman–Crippen LogP) is 4.01. The molecular weight excluding hydrogens is 294 g/mol. The predicted molar refractivity (Wildman–Crippen MR) is 88.5 cm³/mol. The zero-order chi connectivity index (χ0) is 16.4. The van der Waals surface area contributed by atoms with E-state index in [9.17, 15) is 4.79 Å². The molecule has 0 saturated heterocycles. The fraction of sp³-hybridized carbons (Fsp3) is 0.167. The number of ether oxygens (including phenoxy) is 2. The van der Waals surface area contributed by atoms with Crippen LogP contribution in [-0.2, 0) is 0 Å². The van der Waals surface area contributed by atoms with Crippen molar-refractivity contribution in [3.05, 3.63) is 53.8 Å². The number of rotatable bonds is 4. The van der Waals surface area contributed by atoms with Crippen molar-refractivity contribution in [2.75, 3.05) is 19.5 Å². The maximum atomic E-state index is 12.5. The molecule has 0 spiro atoms. The van der Waals surface area contributed by atoms with E-state index < -0.39 is 0 Å². The molecule has 1 heterocycles. The second kappa shape index (κ2) is 6.04. The highest BCUT2D eigenvalue weighted by atomic mass is 16.5. The van der Waals surface area contributed by atoms with Gasteiger partial charge in [0, 0.05) is 5.39 Å². The number of hydrogen-bond donors (Lipinski definition) is 1. The number of carbonyl (C=O) groups is 1. The van der Waals surface area contributed by atoms with E-state index in [-0.39, 0.29) is 11.7 Å². The number of hydrogen-bond acceptors (Lipinski definition) is 4. The van der Waals surface area contributed by atoms with Gasteiger partial charge in [-0.15, -0.1) is 0 Å². The number of carbonyl (C=O) groups excluding carboxylic acids is 1. The van der Waals surface area contributed by atoms with Gasteiger partial charge in [0.2, 0.25) is 0 Å². The van der Waals surface area contributed by atoms with Gasteiger partial charge in [-0.05, 0) is 36.8 Å². The number of amides is 1. The van der Waals surface area contributed by atoms with Gasteiger partial charge in [-0.1, -0.05) is 18.2 Å². The van der Waals surface area contributed by atoms with E-state index in [1.807, 2.05) is 37.3 Å². The zero-order valence-corrected chi connectivity index (χ0v) is 13.2. The number of anilines is 1. The van der Waals surface area contributed by atoms with Crippen LogP contribution in [0.3, 0.4) is 0 Å². The minimum atomic E-state index is -0.341. The third-order valence-corrected chi connectivity index (χ3v) is 3.55. The van der Waals surface area contributed by atoms with Crippen LogP contribution < -0.4 is 14.8 Å². The first-order valence-corrected chi connectivity index (χ1v) is 7.15. The highest BCUT2D eigenvalue weighted by molar-refractivity contribution is 6.05. The zero-order valence-electron chi connectivity index (χ0n) is 13.2. The molecule has 118 valence electrons. The lowest BCUT2D eigenvalue weighted by molar-refractivity contribution is 0.0998. The molecule has 0 radical (unpaired) electrons. The maximum absolute atomic E-state index is 12.5. The SMILES string of the molecule is COc1ccc(C)cc1NC(=O)c1cc2cccc(OC)c2o1. The Labute approximate surface area is 133 Å². The molecule has 0 unspecified atom stereocenters. The summed E-state index contributed by atoms with van der Waals surface area (Å²) in [5, 5.41) is 3.63. The number of fused-ring (bicyclic) bond motifs is 1. The summed E-state index contributed by atoms with van der Waals surface area (Å²) in [5.74, 6) is 1.06. The number of nitrogens with one attached hydrogen (secondary N) is 1. The average molecular weight is 311 g/mol. The molecule has 0 bridgehead atoms. The Kier molecular flexibility index (Phi) is 3.93. The number of aryl methyl sites for hydroxylation is 1. The minimum Gasteiger partial charge on any atom is -0.495 e. The van der Waals surface area contributed by atoms with E-state index in [1.54, 1.807) is 26.4 Å². The molecule has 5 nitrogen and oxygen atoms in total. The molecule has 1 amide bonds. The molecule has 3 rings (SSSR count). The Morgan fingerprint density at radius 2 is 1.83 bits per heavy atom. The van der Waals surface area contributed by atoms with Crippen molar-refractivity contribution >= 4 is 22.6 Å². The summed E-state index contributed by atoms with van der Waals surface area (Å²) in [7, 11) is 3.13. The van der Waals surface area contributed by atoms with Crippen molar-refractivity contribution in [1.29, 1.82) is 0 Å². The summed E-state index contributed by atoms with van der Waals surface area (Å²) in [6.07, 6.45) is 0. The number of furan rings is 1. The summed E-state index contributed by atoms with van der Waals surface area (Å²) in [6.45, 7) is 1.95. The van der Waals surface area contributed by atoms with Crippen LogP contribution in [0.15, 0.2) is 46.9 Å². The van der Waals surface area contributed by atoms with Gasteiger partial charge in [0.25, 0.3) is 5.91 Å². The summed E-state index contributed by atoms with van der Waals surface area (Å²) < 4.78 is 16.2. The molecule has 1 N–H and O–H groups in total. The van der Waals surface area contributed by atoms with E-state index in [2.05, 4.69) is 5.32 Å². The minimum absolute atomic E-state index is 0.216. The van der Waals surface area contributed by atoms with E-state index in [0.29, 0.717) is 22.8 Å². The van der Waals surface area contributed by atoms with E-state index in [4.69, 9.17) is 13.9 Å². The van der Waals surface area contributed by atoms with Crippen molar-refractivity contribution in [2.45, 2.75) is 6.92 Å². The lowest BCUT2D eigenvalue weighted by Gasteiger charge is -2.09. The molecule has 0 aliphatic rings. The van der Waals surface area contributed by atoms with Gasteiger partial charge in [-0.3, -0.25) is 4.79 Å². The van der Waals surface area contributed by atoms with Crippen molar-refractivity contribution in [2.24, 2.45) is 0 Å². The Morgan fingerprint density at radius 3 is 2.57 bits per heavy atom. The first-order chi connectivity index (χ1) is 11.1. The Hall–Kier alpha value is -2.95. The second-order valence-corrected chi connectivity index (χ2v) is 5.15. The van der Waals surface area contributed by atoms with Crippen molar-refractivity contribution in [3.63, 3.8) is 0 Å². The topological polar surface area (TPSA) is 60.7 Å². The van der Waals surface area contributed by atoms with Gasteiger partial charge >= 0.3 is 0 Å². The monoisotopic (exact) mass is 311 g/mol. The smallest absolute Gasteiger partial charge is 0.291 e. The first-order valence-electron chi connectivity index (χ1n) is 7.15. The normalized spacial score (nSPS) is 10.6. The summed E-state index contributed by atoms with van der Waals surface area (Å²) in [4.78, 5) is 12.5. The van der Waals surface area contributed by atoms with Crippen LogP contribution in [0.1, 0.15) is 16.1 Å². The summed E-state index contributed by atoms with van der Waals surface area (Å²) in [6, 6.07) is 12.8. The third-order valence-electron chi connectivity index (χ3n) is 3.55. The van der Waals surface area contributed by atoms with Gasteiger partial charge in [0.05, 0.1) is 19.9 Å². The fourth-order valence-corrected chi connectivity index (χ4v) is 2.41. The molecule has 0 fully saturated rings. The Bertz CT molecular complexity index is 867. The van der Waals surface area contributed by atoms with Crippen LogP contribution >= 0.6 is 0 Å². The quantitative estimate of drug-likeness (QED) is 0.791. The van der Waals surface area contributed by atoms with Gasteiger partial charge in [0.1, 0.15) is 5.75 Å². The van der Waals surface area contributed by atoms with E-state index >= 15 is 0 Å². The fourth-order valence-electron chi connectivity index (χ4n) is 2.41. The standard InChI is InChI=1S/C18H17NO4/c1-11-7-8-14(21-2)13(9-11)19-18(20)16-10-12-5-4-6-15(22-3)17(12)23-16/h4-10H,1-3H3,(H,19,20). The van der Waals surface area contributed by atoms with Crippen LogP contribution in [0.25, 0.3) is 11.0 Å². The molecule has 0 aliphatic heterocycles. The molecule has 0 atom stereocenters. The summed E-state index contributed by atoms with van der Waals surface area (Å²) in [5.41, 5.74) is 2.17. The lowest BCUT2D eigenvalue weighted by atomic mass is 10.2. The van der Waals surface area contributed by atoms with Crippen molar-refractivity contribution in [1.82, 2.24) is 0 Å². The van der Waals surface area contributed by atoms with Crippen molar-refractivity contribution < 1.29 is 18.7 Å². The Morgan fingerprint density at radius 1 is 1.04 bits per heavy atom. The van der Waals surface area contributed by atoms with Crippen molar-refractivity contribution in [3.8, 4) is 11.5 Å². The lowest BCUT2D eigenvalue weighted by Crippen LogP contribution is -2.11. The average Bonchev–Trinajstić information content (AvgIpc) is 2.99. The van der Waals surface area contributed by atoms with E-state index in [1.165, 1.54) is 0 Å². The third kappa shape index (κ3) is 2.85. The van der Waals surface area contributed by atoms with Crippen LogP contribution in [0.5, 0.6) is 11.5 Å². The van der Waals surface area contributed by atoms with E-state index in [0.717, 1.165) is 10.9 Å². The number of benzene rings is 2.